The van der Waals surface area contributed by atoms with Gasteiger partial charge in [0.15, 0.2) is 0 Å². The Morgan fingerprint density at radius 1 is 0.938 bits per heavy atom. The zero-order valence-corrected chi connectivity index (χ0v) is 10.3. The molecule has 3 aliphatic carbocycles. The molecule has 0 aliphatic heterocycles. The van der Waals surface area contributed by atoms with Crippen LogP contribution in [0.1, 0.15) is 51.4 Å². The highest BCUT2D eigenvalue weighted by Crippen LogP contribution is 2.45. The summed E-state index contributed by atoms with van der Waals surface area (Å²) in [5.74, 6) is 2.80. The summed E-state index contributed by atoms with van der Waals surface area (Å²) in [6, 6.07) is 1.60. The summed E-state index contributed by atoms with van der Waals surface area (Å²) in [5.41, 5.74) is 5.91. The zero-order valence-electron chi connectivity index (χ0n) is 10.3. The van der Waals surface area contributed by atoms with Gasteiger partial charge in [-0.2, -0.15) is 0 Å². The fraction of sp³-hybridized carbons (Fsp3) is 1.00. The standard InChI is InChI=1S/C14H26N2/c15-9-12-3-1-2-4-13(12)16-14(10-5-6-10)11-7-8-11/h10-14,16H,1-9,15H2. The molecule has 2 nitrogen and oxygen atoms in total. The van der Waals surface area contributed by atoms with Crippen molar-refractivity contribution in [3.05, 3.63) is 0 Å². The SMILES string of the molecule is NCC1CCCCC1NC(C1CC1)C1CC1. The van der Waals surface area contributed by atoms with E-state index in [9.17, 15) is 0 Å². The molecule has 3 fully saturated rings. The number of nitrogens with one attached hydrogen (secondary N) is 1. The van der Waals surface area contributed by atoms with Crippen LogP contribution < -0.4 is 11.1 Å². The molecule has 2 unspecified atom stereocenters. The lowest BCUT2D eigenvalue weighted by molar-refractivity contribution is 0.229. The lowest BCUT2D eigenvalue weighted by Crippen LogP contribution is -2.48. The van der Waals surface area contributed by atoms with Crippen LogP contribution in [-0.4, -0.2) is 18.6 Å². The Balaban J connectivity index is 1.57. The van der Waals surface area contributed by atoms with Gasteiger partial charge in [-0.05, 0) is 62.8 Å². The van der Waals surface area contributed by atoms with E-state index in [0.29, 0.717) is 0 Å². The first kappa shape index (κ1) is 11.0. The van der Waals surface area contributed by atoms with Gasteiger partial charge in [0, 0.05) is 12.1 Å². The minimum absolute atomic E-state index is 0.741. The summed E-state index contributed by atoms with van der Waals surface area (Å²) in [4.78, 5) is 0. The molecule has 2 atom stereocenters. The summed E-state index contributed by atoms with van der Waals surface area (Å²) in [5, 5.41) is 4.00. The van der Waals surface area contributed by atoms with Crippen molar-refractivity contribution in [1.29, 1.82) is 0 Å². The van der Waals surface area contributed by atoms with Gasteiger partial charge < -0.3 is 11.1 Å². The van der Waals surface area contributed by atoms with E-state index in [1.807, 2.05) is 0 Å². The number of hydrogen-bond donors (Lipinski definition) is 2. The number of nitrogens with two attached hydrogens (primary N) is 1. The first-order chi connectivity index (χ1) is 7.88. The molecule has 0 saturated heterocycles. The van der Waals surface area contributed by atoms with Crippen LogP contribution in [0.25, 0.3) is 0 Å². The average molecular weight is 222 g/mol. The Labute approximate surface area is 99.4 Å². The van der Waals surface area contributed by atoms with E-state index in [1.54, 1.807) is 0 Å². The minimum atomic E-state index is 0.741. The molecule has 2 heteroatoms. The zero-order chi connectivity index (χ0) is 11.0. The van der Waals surface area contributed by atoms with Gasteiger partial charge >= 0.3 is 0 Å². The third-order valence-corrected chi connectivity index (χ3v) is 4.88. The summed E-state index contributed by atoms with van der Waals surface area (Å²) in [6.45, 7) is 0.889. The lowest BCUT2D eigenvalue weighted by Gasteiger charge is -2.35. The van der Waals surface area contributed by atoms with Crippen molar-refractivity contribution < 1.29 is 0 Å². The van der Waals surface area contributed by atoms with Gasteiger partial charge in [0.2, 0.25) is 0 Å². The largest absolute Gasteiger partial charge is 0.330 e. The van der Waals surface area contributed by atoms with Crippen LogP contribution >= 0.6 is 0 Å². The predicted molar refractivity (Wildman–Crippen MR) is 67.2 cm³/mol. The third kappa shape index (κ3) is 2.43. The molecular formula is C14H26N2. The Morgan fingerprint density at radius 3 is 2.12 bits per heavy atom. The van der Waals surface area contributed by atoms with Gasteiger partial charge in [-0.3, -0.25) is 0 Å². The molecule has 0 spiro atoms. The summed E-state index contributed by atoms with van der Waals surface area (Å²) in [6.07, 6.45) is 11.5. The highest BCUT2D eigenvalue weighted by atomic mass is 15.0. The average Bonchev–Trinajstić information content (AvgIpc) is 3.18. The Hall–Kier alpha value is -0.0800. The summed E-state index contributed by atoms with van der Waals surface area (Å²) >= 11 is 0. The van der Waals surface area contributed by atoms with E-state index < -0.39 is 0 Å². The van der Waals surface area contributed by atoms with E-state index in [1.165, 1.54) is 51.4 Å². The second-order valence-electron chi connectivity index (χ2n) is 6.25. The second-order valence-corrected chi connectivity index (χ2v) is 6.25. The maximum atomic E-state index is 5.91. The third-order valence-electron chi connectivity index (χ3n) is 4.88. The summed E-state index contributed by atoms with van der Waals surface area (Å²) < 4.78 is 0. The van der Waals surface area contributed by atoms with Gasteiger partial charge in [-0.1, -0.05) is 12.8 Å². The van der Waals surface area contributed by atoms with E-state index in [2.05, 4.69) is 5.32 Å². The smallest absolute Gasteiger partial charge is 0.0126 e. The van der Waals surface area contributed by atoms with Crippen molar-refractivity contribution in [1.82, 2.24) is 5.32 Å². The van der Waals surface area contributed by atoms with E-state index in [4.69, 9.17) is 5.73 Å². The van der Waals surface area contributed by atoms with E-state index >= 15 is 0 Å². The Kier molecular flexibility index (Phi) is 3.21. The maximum absolute atomic E-state index is 5.91. The van der Waals surface area contributed by atoms with Gasteiger partial charge in [-0.15, -0.1) is 0 Å². The topological polar surface area (TPSA) is 38.0 Å². The first-order valence-electron chi connectivity index (χ1n) is 7.34. The lowest BCUT2D eigenvalue weighted by atomic mass is 9.83. The Morgan fingerprint density at radius 2 is 1.56 bits per heavy atom. The van der Waals surface area contributed by atoms with Crippen LogP contribution in [0.15, 0.2) is 0 Å². The van der Waals surface area contributed by atoms with Crippen molar-refractivity contribution >= 4 is 0 Å². The molecule has 3 N–H and O–H groups in total. The van der Waals surface area contributed by atoms with Crippen LogP contribution in [-0.2, 0) is 0 Å². The van der Waals surface area contributed by atoms with Crippen molar-refractivity contribution in [2.24, 2.45) is 23.5 Å². The molecule has 16 heavy (non-hydrogen) atoms. The van der Waals surface area contributed by atoms with E-state index in [0.717, 1.165) is 36.4 Å². The van der Waals surface area contributed by atoms with Gasteiger partial charge in [0.05, 0.1) is 0 Å². The van der Waals surface area contributed by atoms with Crippen molar-refractivity contribution in [2.45, 2.75) is 63.5 Å². The van der Waals surface area contributed by atoms with Crippen LogP contribution in [0, 0.1) is 17.8 Å². The molecule has 3 aliphatic rings. The fourth-order valence-corrected chi connectivity index (χ4v) is 3.52. The van der Waals surface area contributed by atoms with Crippen LogP contribution in [0.4, 0.5) is 0 Å². The number of hydrogen-bond acceptors (Lipinski definition) is 2. The second kappa shape index (κ2) is 4.66. The van der Waals surface area contributed by atoms with Crippen LogP contribution in [0.5, 0.6) is 0 Å². The molecule has 0 amide bonds. The molecule has 0 heterocycles. The molecule has 3 saturated carbocycles. The van der Waals surface area contributed by atoms with Crippen molar-refractivity contribution in [2.75, 3.05) is 6.54 Å². The molecule has 0 radical (unpaired) electrons. The molecule has 0 bridgehead atoms. The molecule has 3 rings (SSSR count). The maximum Gasteiger partial charge on any atom is 0.0126 e. The minimum Gasteiger partial charge on any atom is -0.330 e. The summed E-state index contributed by atoms with van der Waals surface area (Å²) in [7, 11) is 0. The monoisotopic (exact) mass is 222 g/mol. The van der Waals surface area contributed by atoms with Crippen LogP contribution in [0.2, 0.25) is 0 Å². The number of rotatable bonds is 5. The van der Waals surface area contributed by atoms with Crippen molar-refractivity contribution in [3.8, 4) is 0 Å². The first-order valence-corrected chi connectivity index (χ1v) is 7.34. The van der Waals surface area contributed by atoms with Crippen molar-refractivity contribution in [3.63, 3.8) is 0 Å². The van der Waals surface area contributed by atoms with Gasteiger partial charge in [-0.25, -0.2) is 0 Å². The molecule has 92 valence electrons. The van der Waals surface area contributed by atoms with E-state index in [-0.39, 0.29) is 0 Å². The normalized spacial score (nSPS) is 35.6. The van der Waals surface area contributed by atoms with Crippen LogP contribution in [0.3, 0.4) is 0 Å². The molecule has 0 aromatic carbocycles. The quantitative estimate of drug-likeness (QED) is 0.749. The highest BCUT2D eigenvalue weighted by Gasteiger charge is 2.42. The molecular weight excluding hydrogens is 196 g/mol. The Bertz CT molecular complexity index is 221. The van der Waals surface area contributed by atoms with Gasteiger partial charge in [0.25, 0.3) is 0 Å². The fourth-order valence-electron chi connectivity index (χ4n) is 3.52. The van der Waals surface area contributed by atoms with Gasteiger partial charge in [0.1, 0.15) is 0 Å². The molecule has 0 aromatic rings. The highest BCUT2D eigenvalue weighted by molar-refractivity contribution is 4.98. The molecule has 0 aromatic heterocycles. The predicted octanol–water partition coefficient (Wildman–Crippen LogP) is 2.28.